The van der Waals surface area contributed by atoms with Gasteiger partial charge in [0.1, 0.15) is 24.2 Å². The van der Waals surface area contributed by atoms with Gasteiger partial charge in [-0.3, -0.25) is 19.2 Å². The van der Waals surface area contributed by atoms with Gasteiger partial charge in [0.25, 0.3) is 0 Å². The molecule has 1 rings (SSSR count). The average Bonchev–Trinajstić information content (AvgIpc) is 3.22. The van der Waals surface area contributed by atoms with Gasteiger partial charge in [-0.25, -0.2) is 4.79 Å². The third-order valence-electron chi connectivity index (χ3n) is 5.70. The molecule has 0 spiro atoms. The van der Waals surface area contributed by atoms with Gasteiger partial charge < -0.3 is 36.6 Å². The zero-order chi connectivity index (χ0) is 24.6. The van der Waals surface area contributed by atoms with E-state index in [1.165, 1.54) is 11.8 Å². The van der Waals surface area contributed by atoms with Gasteiger partial charge in [-0.15, -0.1) is 0 Å². The van der Waals surface area contributed by atoms with Crippen molar-refractivity contribution >= 4 is 29.7 Å². The number of aliphatic carboxylic acids is 2. The molecule has 182 valence electrons. The number of likely N-dealkylation sites (tertiary alicyclic amines) is 1. The molecule has 6 unspecified atom stereocenters. The molecule has 0 radical (unpaired) electrons. The molecule has 0 aromatic carbocycles. The van der Waals surface area contributed by atoms with Crippen molar-refractivity contribution in [3.05, 3.63) is 0 Å². The summed E-state index contributed by atoms with van der Waals surface area (Å²) in [7, 11) is 0. The van der Waals surface area contributed by atoms with Gasteiger partial charge >= 0.3 is 11.9 Å². The summed E-state index contributed by atoms with van der Waals surface area (Å²) in [6.07, 6.45) is -0.494. The summed E-state index contributed by atoms with van der Waals surface area (Å²) in [6.45, 7) is 5.19. The second kappa shape index (κ2) is 12.3. The Kier molecular flexibility index (Phi) is 10.5. The Morgan fingerprint density at radius 1 is 1.12 bits per heavy atom. The molecule has 0 aliphatic carbocycles. The molecule has 7 N–H and O–H groups in total. The third-order valence-corrected chi connectivity index (χ3v) is 5.70. The summed E-state index contributed by atoms with van der Waals surface area (Å²) in [5, 5.41) is 32.5. The van der Waals surface area contributed by atoms with Gasteiger partial charge in [0.2, 0.25) is 17.7 Å². The summed E-state index contributed by atoms with van der Waals surface area (Å²) in [5.41, 5.74) is 5.66. The SMILES string of the molecule is CCC(C)C(NC(=O)C(N)C(C)O)C(=O)N1CCCC1C(=O)NC(CCC(=O)O)C(=O)O. The van der Waals surface area contributed by atoms with Crippen LogP contribution in [0, 0.1) is 5.92 Å². The summed E-state index contributed by atoms with van der Waals surface area (Å²) in [6, 6.07) is -4.54. The Morgan fingerprint density at radius 3 is 2.25 bits per heavy atom. The zero-order valence-corrected chi connectivity index (χ0v) is 18.6. The largest absolute Gasteiger partial charge is 0.481 e. The Bertz CT molecular complexity index is 714. The minimum absolute atomic E-state index is 0.245. The third kappa shape index (κ3) is 7.45. The van der Waals surface area contributed by atoms with Crippen LogP contribution in [-0.4, -0.2) is 86.7 Å². The number of nitrogens with one attached hydrogen (secondary N) is 2. The lowest BCUT2D eigenvalue weighted by atomic mass is 9.96. The van der Waals surface area contributed by atoms with Crippen molar-refractivity contribution in [1.29, 1.82) is 0 Å². The molecule has 0 bridgehead atoms. The van der Waals surface area contributed by atoms with Crippen LogP contribution in [-0.2, 0) is 24.0 Å². The van der Waals surface area contributed by atoms with E-state index >= 15 is 0 Å². The van der Waals surface area contributed by atoms with Gasteiger partial charge in [-0.2, -0.15) is 0 Å². The second-order valence-corrected chi connectivity index (χ2v) is 8.16. The Hall–Kier alpha value is -2.73. The van der Waals surface area contributed by atoms with E-state index in [1.807, 2.05) is 6.92 Å². The molecular weight excluding hydrogens is 424 g/mol. The first kappa shape index (κ1) is 27.3. The highest BCUT2D eigenvalue weighted by Crippen LogP contribution is 2.22. The van der Waals surface area contributed by atoms with E-state index in [4.69, 9.17) is 10.8 Å². The summed E-state index contributed by atoms with van der Waals surface area (Å²) < 4.78 is 0. The maximum absolute atomic E-state index is 13.3. The maximum Gasteiger partial charge on any atom is 0.326 e. The van der Waals surface area contributed by atoms with Gasteiger partial charge in [0, 0.05) is 13.0 Å². The molecule has 1 saturated heterocycles. The molecule has 0 aromatic heterocycles. The molecule has 6 atom stereocenters. The molecule has 1 aliphatic heterocycles. The number of carbonyl (C=O) groups excluding carboxylic acids is 3. The smallest absolute Gasteiger partial charge is 0.326 e. The normalized spacial score (nSPS) is 20.5. The monoisotopic (exact) mass is 458 g/mol. The number of hydrogen-bond donors (Lipinski definition) is 6. The fourth-order valence-corrected chi connectivity index (χ4v) is 3.43. The van der Waals surface area contributed by atoms with Crippen LogP contribution in [0.5, 0.6) is 0 Å². The number of aliphatic hydroxyl groups excluding tert-OH is 1. The van der Waals surface area contributed by atoms with Gasteiger partial charge in [-0.1, -0.05) is 20.3 Å². The van der Waals surface area contributed by atoms with E-state index in [0.717, 1.165) is 0 Å². The van der Waals surface area contributed by atoms with Crippen molar-refractivity contribution in [3.63, 3.8) is 0 Å². The van der Waals surface area contributed by atoms with Crippen LogP contribution in [0.2, 0.25) is 0 Å². The van der Waals surface area contributed by atoms with Crippen LogP contribution in [0.1, 0.15) is 52.9 Å². The predicted octanol–water partition coefficient (Wildman–Crippen LogP) is -1.35. The van der Waals surface area contributed by atoms with E-state index < -0.39 is 66.4 Å². The first-order chi connectivity index (χ1) is 14.9. The van der Waals surface area contributed by atoms with Gasteiger partial charge in [-0.05, 0) is 32.1 Å². The van der Waals surface area contributed by atoms with Crippen LogP contribution < -0.4 is 16.4 Å². The minimum atomic E-state index is -1.40. The van der Waals surface area contributed by atoms with Crippen molar-refractivity contribution in [2.75, 3.05) is 6.54 Å². The lowest BCUT2D eigenvalue weighted by molar-refractivity contribution is -0.146. The quantitative estimate of drug-likeness (QED) is 0.204. The van der Waals surface area contributed by atoms with Crippen LogP contribution in [0.3, 0.4) is 0 Å². The molecule has 12 nitrogen and oxygen atoms in total. The predicted molar refractivity (Wildman–Crippen MR) is 112 cm³/mol. The molecule has 1 aliphatic rings. The molecule has 1 heterocycles. The van der Waals surface area contributed by atoms with Gasteiger partial charge in [0.15, 0.2) is 0 Å². The highest BCUT2D eigenvalue weighted by atomic mass is 16.4. The number of carboxylic acids is 2. The number of hydrogen-bond acceptors (Lipinski definition) is 7. The lowest BCUT2D eigenvalue weighted by Crippen LogP contribution is -2.59. The standard InChI is InChI=1S/C20H34N4O8/c1-4-10(2)16(23-18(29)15(21)11(3)25)19(30)24-9-5-6-13(24)17(28)22-12(20(31)32)7-8-14(26)27/h10-13,15-16,25H,4-9,21H2,1-3H3,(H,22,28)(H,23,29)(H,26,27)(H,31,32). The fraction of sp³-hybridized carbons (Fsp3) is 0.750. The van der Waals surface area contributed by atoms with E-state index in [9.17, 15) is 34.2 Å². The first-order valence-electron chi connectivity index (χ1n) is 10.7. The molecular formula is C20H34N4O8. The number of nitrogens with zero attached hydrogens (tertiary/aromatic N) is 1. The number of rotatable bonds is 12. The van der Waals surface area contributed by atoms with E-state index in [-0.39, 0.29) is 18.9 Å². The van der Waals surface area contributed by atoms with Crippen LogP contribution in [0.4, 0.5) is 0 Å². The molecule has 0 saturated carbocycles. The Balaban J connectivity index is 2.98. The number of carbonyl (C=O) groups is 5. The van der Waals surface area contributed by atoms with Crippen molar-refractivity contribution in [2.45, 2.75) is 83.1 Å². The zero-order valence-electron chi connectivity index (χ0n) is 18.6. The Morgan fingerprint density at radius 2 is 1.75 bits per heavy atom. The fourth-order valence-electron chi connectivity index (χ4n) is 3.43. The Labute approximate surface area is 186 Å². The minimum Gasteiger partial charge on any atom is -0.481 e. The van der Waals surface area contributed by atoms with E-state index in [2.05, 4.69) is 10.6 Å². The second-order valence-electron chi connectivity index (χ2n) is 8.16. The van der Waals surface area contributed by atoms with E-state index in [0.29, 0.717) is 19.3 Å². The van der Waals surface area contributed by atoms with E-state index in [1.54, 1.807) is 6.92 Å². The summed E-state index contributed by atoms with van der Waals surface area (Å²) in [4.78, 5) is 61.8. The van der Waals surface area contributed by atoms with Crippen molar-refractivity contribution in [2.24, 2.45) is 11.7 Å². The van der Waals surface area contributed by atoms with Gasteiger partial charge in [0.05, 0.1) is 6.10 Å². The first-order valence-corrected chi connectivity index (χ1v) is 10.7. The molecule has 3 amide bonds. The highest BCUT2D eigenvalue weighted by Gasteiger charge is 2.40. The maximum atomic E-state index is 13.3. The molecule has 12 heteroatoms. The van der Waals surface area contributed by atoms with Crippen LogP contribution in [0.25, 0.3) is 0 Å². The number of aliphatic hydroxyl groups is 1. The number of amides is 3. The average molecular weight is 459 g/mol. The van der Waals surface area contributed by atoms with Crippen LogP contribution in [0.15, 0.2) is 0 Å². The number of nitrogens with two attached hydrogens (primary N) is 1. The summed E-state index contributed by atoms with van der Waals surface area (Å²) in [5.74, 6) is -4.74. The molecule has 1 fully saturated rings. The summed E-state index contributed by atoms with van der Waals surface area (Å²) >= 11 is 0. The van der Waals surface area contributed by atoms with Crippen LogP contribution >= 0.6 is 0 Å². The van der Waals surface area contributed by atoms with Crippen molar-refractivity contribution in [3.8, 4) is 0 Å². The van der Waals surface area contributed by atoms with Crippen molar-refractivity contribution < 1.29 is 39.3 Å². The molecule has 32 heavy (non-hydrogen) atoms. The highest BCUT2D eigenvalue weighted by molar-refractivity contribution is 5.94. The number of carboxylic acid groups (broad SMARTS) is 2. The topological polar surface area (TPSA) is 199 Å². The lowest BCUT2D eigenvalue weighted by Gasteiger charge is -2.32. The van der Waals surface area contributed by atoms with Crippen molar-refractivity contribution in [1.82, 2.24) is 15.5 Å². The molecule has 0 aromatic rings.